The van der Waals surface area contributed by atoms with E-state index in [0.717, 1.165) is 11.1 Å². The molecule has 1 heterocycles. The summed E-state index contributed by atoms with van der Waals surface area (Å²) in [7, 11) is 0. The molecule has 0 fully saturated rings. The summed E-state index contributed by atoms with van der Waals surface area (Å²) in [5, 5.41) is 2.85. The highest BCUT2D eigenvalue weighted by Crippen LogP contribution is 2.12. The standard InChI is InChI=1S/C16H14N2O3/c19-15(9-11-4-2-1-3-5-11)17-10-12-6-7-13-14(8-12)21-16(20)18-13/h1-8H,9-10H2,(H,17,19)(H,18,20). The fraction of sp³-hybridized carbons (Fsp3) is 0.125. The van der Waals surface area contributed by atoms with Crippen LogP contribution in [0, 0.1) is 0 Å². The fourth-order valence-electron chi connectivity index (χ4n) is 2.14. The highest BCUT2D eigenvalue weighted by Gasteiger charge is 2.05. The van der Waals surface area contributed by atoms with E-state index in [1.807, 2.05) is 36.4 Å². The van der Waals surface area contributed by atoms with Crippen molar-refractivity contribution in [2.24, 2.45) is 0 Å². The Kier molecular flexibility index (Phi) is 3.55. The number of rotatable bonds is 4. The Morgan fingerprint density at radius 1 is 1.10 bits per heavy atom. The molecular formula is C16H14N2O3. The zero-order valence-electron chi connectivity index (χ0n) is 11.3. The molecule has 2 N–H and O–H groups in total. The molecule has 1 amide bonds. The number of amides is 1. The van der Waals surface area contributed by atoms with Crippen molar-refractivity contribution in [3.05, 3.63) is 70.2 Å². The molecule has 0 radical (unpaired) electrons. The van der Waals surface area contributed by atoms with E-state index in [1.165, 1.54) is 0 Å². The van der Waals surface area contributed by atoms with E-state index < -0.39 is 5.76 Å². The largest absolute Gasteiger partial charge is 0.417 e. The normalized spacial score (nSPS) is 10.7. The lowest BCUT2D eigenvalue weighted by molar-refractivity contribution is -0.120. The van der Waals surface area contributed by atoms with Crippen LogP contribution in [0.3, 0.4) is 0 Å². The zero-order valence-corrected chi connectivity index (χ0v) is 11.3. The topological polar surface area (TPSA) is 75.1 Å². The van der Waals surface area contributed by atoms with E-state index in [4.69, 9.17) is 4.42 Å². The molecule has 1 aromatic heterocycles. The van der Waals surface area contributed by atoms with Gasteiger partial charge in [0, 0.05) is 6.54 Å². The van der Waals surface area contributed by atoms with Gasteiger partial charge in [-0.05, 0) is 23.3 Å². The molecule has 0 aliphatic rings. The van der Waals surface area contributed by atoms with Gasteiger partial charge in [0.05, 0.1) is 11.9 Å². The monoisotopic (exact) mass is 282 g/mol. The number of fused-ring (bicyclic) bond motifs is 1. The predicted molar refractivity (Wildman–Crippen MR) is 78.8 cm³/mol. The van der Waals surface area contributed by atoms with Crippen LogP contribution in [-0.2, 0) is 17.8 Å². The van der Waals surface area contributed by atoms with Crippen molar-refractivity contribution in [3.63, 3.8) is 0 Å². The molecule has 21 heavy (non-hydrogen) atoms. The molecular weight excluding hydrogens is 268 g/mol. The van der Waals surface area contributed by atoms with E-state index in [1.54, 1.807) is 12.1 Å². The van der Waals surface area contributed by atoms with Crippen LogP contribution in [0.15, 0.2) is 57.7 Å². The molecule has 0 spiro atoms. The maximum atomic E-state index is 11.9. The molecule has 0 atom stereocenters. The number of oxazole rings is 1. The number of aromatic amines is 1. The summed E-state index contributed by atoms with van der Waals surface area (Å²) in [4.78, 5) is 25.5. The minimum Gasteiger partial charge on any atom is -0.408 e. The van der Waals surface area contributed by atoms with Gasteiger partial charge >= 0.3 is 5.76 Å². The number of nitrogens with one attached hydrogen (secondary N) is 2. The Bertz CT molecular complexity index is 818. The Balaban J connectivity index is 1.63. The third-order valence-electron chi connectivity index (χ3n) is 3.18. The summed E-state index contributed by atoms with van der Waals surface area (Å²) in [6, 6.07) is 14.9. The Labute approximate surface area is 120 Å². The van der Waals surface area contributed by atoms with Crippen molar-refractivity contribution in [1.82, 2.24) is 10.3 Å². The highest BCUT2D eigenvalue weighted by atomic mass is 16.4. The van der Waals surface area contributed by atoms with Gasteiger partial charge in [-0.15, -0.1) is 0 Å². The molecule has 3 rings (SSSR count). The minimum absolute atomic E-state index is 0.0446. The van der Waals surface area contributed by atoms with E-state index in [-0.39, 0.29) is 5.91 Å². The third kappa shape index (κ3) is 3.20. The second-order valence-corrected chi connectivity index (χ2v) is 4.78. The number of carbonyl (C=O) groups excluding carboxylic acids is 1. The van der Waals surface area contributed by atoms with Crippen molar-refractivity contribution in [2.45, 2.75) is 13.0 Å². The summed E-state index contributed by atoms with van der Waals surface area (Å²) in [5.41, 5.74) is 3.00. The Hall–Kier alpha value is -2.82. The second kappa shape index (κ2) is 5.66. The van der Waals surface area contributed by atoms with E-state index in [0.29, 0.717) is 24.1 Å². The minimum atomic E-state index is -0.477. The second-order valence-electron chi connectivity index (χ2n) is 4.78. The first-order valence-electron chi connectivity index (χ1n) is 6.63. The number of benzene rings is 2. The number of hydrogen-bond acceptors (Lipinski definition) is 3. The van der Waals surface area contributed by atoms with Crippen molar-refractivity contribution in [3.8, 4) is 0 Å². The van der Waals surface area contributed by atoms with Crippen LogP contribution in [0.4, 0.5) is 0 Å². The summed E-state index contributed by atoms with van der Waals surface area (Å²) < 4.78 is 4.99. The summed E-state index contributed by atoms with van der Waals surface area (Å²) in [6.45, 7) is 0.399. The maximum Gasteiger partial charge on any atom is 0.417 e. The van der Waals surface area contributed by atoms with Gasteiger partial charge in [-0.1, -0.05) is 36.4 Å². The van der Waals surface area contributed by atoms with Gasteiger partial charge in [0.15, 0.2) is 5.58 Å². The van der Waals surface area contributed by atoms with Crippen LogP contribution in [0.1, 0.15) is 11.1 Å². The number of aromatic nitrogens is 1. The van der Waals surface area contributed by atoms with Crippen molar-refractivity contribution in [1.29, 1.82) is 0 Å². The molecule has 2 aromatic carbocycles. The lowest BCUT2D eigenvalue weighted by atomic mass is 10.1. The van der Waals surface area contributed by atoms with Crippen molar-refractivity contribution >= 4 is 17.0 Å². The van der Waals surface area contributed by atoms with Gasteiger partial charge in [-0.25, -0.2) is 4.79 Å². The van der Waals surface area contributed by atoms with Crippen LogP contribution < -0.4 is 11.1 Å². The van der Waals surface area contributed by atoms with Crippen molar-refractivity contribution in [2.75, 3.05) is 0 Å². The first kappa shape index (κ1) is 13.2. The van der Waals surface area contributed by atoms with E-state index in [2.05, 4.69) is 10.3 Å². The third-order valence-corrected chi connectivity index (χ3v) is 3.18. The molecule has 0 unspecified atom stereocenters. The Morgan fingerprint density at radius 3 is 2.71 bits per heavy atom. The van der Waals surface area contributed by atoms with Gasteiger partial charge in [0.25, 0.3) is 0 Å². The summed E-state index contributed by atoms with van der Waals surface area (Å²) >= 11 is 0. The molecule has 0 saturated carbocycles. The fourth-order valence-corrected chi connectivity index (χ4v) is 2.14. The molecule has 5 nitrogen and oxygen atoms in total. The Morgan fingerprint density at radius 2 is 1.90 bits per heavy atom. The molecule has 106 valence electrons. The van der Waals surface area contributed by atoms with Gasteiger partial charge in [-0.3, -0.25) is 9.78 Å². The van der Waals surface area contributed by atoms with E-state index in [9.17, 15) is 9.59 Å². The van der Waals surface area contributed by atoms with Crippen molar-refractivity contribution < 1.29 is 9.21 Å². The van der Waals surface area contributed by atoms with Gasteiger partial charge in [0.1, 0.15) is 0 Å². The first-order chi connectivity index (χ1) is 10.2. The van der Waals surface area contributed by atoms with Gasteiger partial charge in [-0.2, -0.15) is 0 Å². The molecule has 0 aliphatic carbocycles. The highest BCUT2D eigenvalue weighted by molar-refractivity contribution is 5.78. The number of hydrogen-bond donors (Lipinski definition) is 2. The summed E-state index contributed by atoms with van der Waals surface area (Å²) in [6.07, 6.45) is 0.350. The van der Waals surface area contributed by atoms with Crippen LogP contribution >= 0.6 is 0 Å². The SMILES string of the molecule is O=C(Cc1ccccc1)NCc1ccc2[nH]c(=O)oc2c1. The smallest absolute Gasteiger partial charge is 0.408 e. The maximum absolute atomic E-state index is 11.9. The van der Waals surface area contributed by atoms with Crippen LogP contribution in [0.2, 0.25) is 0 Å². The van der Waals surface area contributed by atoms with Crippen LogP contribution in [0.25, 0.3) is 11.1 Å². The lowest BCUT2D eigenvalue weighted by Gasteiger charge is -2.05. The van der Waals surface area contributed by atoms with Gasteiger partial charge < -0.3 is 9.73 Å². The average Bonchev–Trinajstić information content (AvgIpc) is 2.85. The van der Waals surface area contributed by atoms with Gasteiger partial charge in [0.2, 0.25) is 5.91 Å². The van der Waals surface area contributed by atoms with E-state index >= 15 is 0 Å². The number of carbonyl (C=O) groups is 1. The molecule has 0 aliphatic heterocycles. The van der Waals surface area contributed by atoms with Crippen LogP contribution in [0.5, 0.6) is 0 Å². The molecule has 0 saturated heterocycles. The quantitative estimate of drug-likeness (QED) is 0.768. The average molecular weight is 282 g/mol. The molecule has 5 heteroatoms. The zero-order chi connectivity index (χ0) is 14.7. The molecule has 3 aromatic rings. The summed E-state index contributed by atoms with van der Waals surface area (Å²) in [5.74, 6) is -0.521. The number of H-pyrrole nitrogens is 1. The lowest BCUT2D eigenvalue weighted by Crippen LogP contribution is -2.24. The van der Waals surface area contributed by atoms with Crippen LogP contribution in [-0.4, -0.2) is 10.9 Å². The first-order valence-corrected chi connectivity index (χ1v) is 6.63. The molecule has 0 bridgehead atoms. The predicted octanol–water partition coefficient (Wildman–Crippen LogP) is 1.98.